The van der Waals surface area contributed by atoms with Crippen molar-refractivity contribution in [2.24, 2.45) is 0 Å². The topological polar surface area (TPSA) is 27.1 Å². The van der Waals surface area contributed by atoms with Crippen molar-refractivity contribution in [2.45, 2.75) is 39.3 Å². The van der Waals surface area contributed by atoms with Crippen molar-refractivity contribution in [3.8, 4) is 11.1 Å². The molecule has 0 radical (unpaired) electrons. The zero-order valence-electron chi connectivity index (χ0n) is 17.2. The predicted octanol–water partition coefficient (Wildman–Crippen LogP) is 6.48. The van der Waals surface area contributed by atoms with E-state index in [9.17, 15) is 0 Å². The molecule has 4 rings (SSSR count). The van der Waals surface area contributed by atoms with Crippen LogP contribution in [-0.4, -0.2) is 24.2 Å². The summed E-state index contributed by atoms with van der Waals surface area (Å²) in [4.78, 5) is 4.57. The predicted molar refractivity (Wildman–Crippen MR) is 122 cm³/mol. The largest absolute Gasteiger partial charge is 0.361 e. The number of para-hydroxylation sites is 1. The summed E-state index contributed by atoms with van der Waals surface area (Å²) >= 11 is 0. The van der Waals surface area contributed by atoms with Crippen LogP contribution in [0, 0.1) is 6.92 Å². The van der Waals surface area contributed by atoms with Crippen LogP contribution in [0.2, 0.25) is 25.7 Å². The van der Waals surface area contributed by atoms with Gasteiger partial charge in [0.2, 0.25) is 0 Å². The number of hydrogen-bond acceptors (Lipinski definition) is 2. The molecule has 4 heteroatoms. The van der Waals surface area contributed by atoms with Gasteiger partial charge in [0, 0.05) is 37.2 Å². The number of aromatic nitrogens is 2. The molecule has 28 heavy (non-hydrogen) atoms. The van der Waals surface area contributed by atoms with Crippen LogP contribution in [0.15, 0.2) is 60.9 Å². The zero-order chi connectivity index (χ0) is 19.7. The lowest BCUT2D eigenvalue weighted by Crippen LogP contribution is -2.22. The summed E-state index contributed by atoms with van der Waals surface area (Å²) in [5, 5.41) is 2.51. The van der Waals surface area contributed by atoms with E-state index in [-0.39, 0.29) is 0 Å². The Morgan fingerprint density at radius 3 is 2.43 bits per heavy atom. The Bertz CT molecular complexity index is 1110. The summed E-state index contributed by atoms with van der Waals surface area (Å²) in [5.74, 6) is 0. The van der Waals surface area contributed by atoms with Gasteiger partial charge in [-0.1, -0.05) is 67.7 Å². The maximum Gasteiger partial charge on any atom is 0.123 e. The van der Waals surface area contributed by atoms with Crippen molar-refractivity contribution in [3.05, 3.63) is 66.5 Å². The monoisotopic (exact) mass is 388 g/mol. The van der Waals surface area contributed by atoms with Crippen molar-refractivity contribution in [1.82, 2.24) is 9.55 Å². The van der Waals surface area contributed by atoms with Crippen LogP contribution in [0.3, 0.4) is 0 Å². The van der Waals surface area contributed by atoms with Gasteiger partial charge in [-0.2, -0.15) is 0 Å². The van der Waals surface area contributed by atoms with Crippen LogP contribution in [0.1, 0.15) is 5.56 Å². The molecule has 0 aliphatic carbocycles. The summed E-state index contributed by atoms with van der Waals surface area (Å²) in [5.41, 5.74) is 5.97. The molecule has 0 unspecified atom stereocenters. The number of benzene rings is 2. The van der Waals surface area contributed by atoms with Gasteiger partial charge in [0.05, 0.1) is 17.2 Å². The van der Waals surface area contributed by atoms with Crippen LogP contribution in [-0.2, 0) is 11.5 Å². The maximum atomic E-state index is 6.10. The molecule has 0 atom stereocenters. The normalized spacial score (nSPS) is 12.1. The van der Waals surface area contributed by atoms with Crippen LogP contribution in [0.4, 0.5) is 0 Å². The molecule has 0 N–H and O–H groups in total. The van der Waals surface area contributed by atoms with Gasteiger partial charge < -0.3 is 9.30 Å². The van der Waals surface area contributed by atoms with Crippen LogP contribution in [0.25, 0.3) is 32.9 Å². The molecule has 2 aromatic heterocycles. The summed E-state index contributed by atoms with van der Waals surface area (Å²) in [7, 11) is -1.09. The number of nitrogens with zero attached hydrogens (tertiary/aromatic N) is 2. The quantitative estimate of drug-likeness (QED) is 0.279. The first-order valence-corrected chi connectivity index (χ1v) is 13.6. The standard InChI is InChI=1S/C24H28N2OSi/c1-18-9-11-19(12-10-18)21-15-25-16-23-24(21)20-7-5-6-8-22(20)26(23)17-27-13-14-28(2,3)4/h5-12,15-16H,13-14,17H2,1-4H3. The molecule has 0 saturated carbocycles. The highest BCUT2D eigenvalue weighted by atomic mass is 28.3. The van der Waals surface area contributed by atoms with Crippen molar-refractivity contribution >= 4 is 29.9 Å². The second kappa shape index (κ2) is 7.53. The Kier molecular flexibility index (Phi) is 5.09. The van der Waals surface area contributed by atoms with E-state index in [0.717, 1.165) is 12.1 Å². The molecular weight excluding hydrogens is 360 g/mol. The highest BCUT2D eigenvalue weighted by molar-refractivity contribution is 6.76. The Morgan fingerprint density at radius 2 is 1.68 bits per heavy atom. The van der Waals surface area contributed by atoms with E-state index < -0.39 is 8.07 Å². The molecule has 0 fully saturated rings. The summed E-state index contributed by atoms with van der Waals surface area (Å²) in [6, 6.07) is 18.4. The van der Waals surface area contributed by atoms with Gasteiger partial charge in [0.25, 0.3) is 0 Å². The van der Waals surface area contributed by atoms with Gasteiger partial charge in [-0.25, -0.2) is 0 Å². The molecule has 0 aliphatic heterocycles. The lowest BCUT2D eigenvalue weighted by Gasteiger charge is -2.16. The first kappa shape index (κ1) is 18.9. The Labute approximate surface area is 168 Å². The van der Waals surface area contributed by atoms with Crippen LogP contribution in [0.5, 0.6) is 0 Å². The molecule has 3 nitrogen and oxygen atoms in total. The van der Waals surface area contributed by atoms with Crippen molar-refractivity contribution in [3.63, 3.8) is 0 Å². The van der Waals surface area contributed by atoms with Crippen molar-refractivity contribution in [2.75, 3.05) is 6.61 Å². The summed E-state index contributed by atoms with van der Waals surface area (Å²) in [6.07, 6.45) is 3.95. The number of pyridine rings is 1. The Hall–Kier alpha value is -2.43. The van der Waals surface area contributed by atoms with Crippen LogP contribution >= 0.6 is 0 Å². The minimum atomic E-state index is -1.09. The average Bonchev–Trinajstić information content (AvgIpc) is 2.99. The number of aryl methyl sites for hydroxylation is 1. The van der Waals surface area contributed by atoms with Gasteiger partial charge in [0.15, 0.2) is 0 Å². The lowest BCUT2D eigenvalue weighted by atomic mass is 10.0. The third-order valence-electron chi connectivity index (χ3n) is 5.26. The van der Waals surface area contributed by atoms with E-state index >= 15 is 0 Å². The highest BCUT2D eigenvalue weighted by Gasteiger charge is 2.16. The maximum absolute atomic E-state index is 6.10. The minimum absolute atomic E-state index is 0.563. The van der Waals surface area contributed by atoms with E-state index in [4.69, 9.17) is 4.74 Å². The summed E-state index contributed by atoms with van der Waals surface area (Å²) in [6.45, 7) is 10.6. The third-order valence-corrected chi connectivity index (χ3v) is 6.96. The molecule has 0 saturated heterocycles. The van der Waals surface area contributed by atoms with Crippen molar-refractivity contribution in [1.29, 1.82) is 0 Å². The molecular formula is C24H28N2OSi. The lowest BCUT2D eigenvalue weighted by molar-refractivity contribution is 0.0929. The van der Waals surface area contributed by atoms with E-state index in [1.165, 1.54) is 39.0 Å². The molecule has 0 bridgehead atoms. The Morgan fingerprint density at radius 1 is 0.929 bits per heavy atom. The van der Waals surface area contributed by atoms with E-state index in [1.54, 1.807) is 0 Å². The second-order valence-electron chi connectivity index (χ2n) is 8.74. The second-order valence-corrected chi connectivity index (χ2v) is 14.4. The zero-order valence-corrected chi connectivity index (χ0v) is 18.2. The smallest absolute Gasteiger partial charge is 0.123 e. The van der Waals surface area contributed by atoms with Gasteiger partial charge in [-0.05, 0) is 24.6 Å². The average molecular weight is 389 g/mol. The molecule has 144 valence electrons. The molecule has 4 aromatic rings. The summed E-state index contributed by atoms with van der Waals surface area (Å²) < 4.78 is 8.36. The SMILES string of the molecule is Cc1ccc(-c2cncc3c2c2ccccc2n3COCC[Si](C)(C)C)cc1. The van der Waals surface area contributed by atoms with Gasteiger partial charge in [0.1, 0.15) is 6.73 Å². The van der Waals surface area contributed by atoms with Crippen LogP contribution < -0.4 is 0 Å². The van der Waals surface area contributed by atoms with E-state index in [0.29, 0.717) is 6.73 Å². The number of ether oxygens (including phenoxy) is 1. The molecule has 0 aliphatic rings. The fourth-order valence-corrected chi connectivity index (χ4v) is 4.37. The molecule has 2 heterocycles. The number of rotatable bonds is 6. The number of fused-ring (bicyclic) bond motifs is 3. The first-order valence-electron chi connectivity index (χ1n) is 9.94. The fourth-order valence-electron chi connectivity index (χ4n) is 3.61. The third kappa shape index (κ3) is 3.75. The van der Waals surface area contributed by atoms with Gasteiger partial charge >= 0.3 is 0 Å². The molecule has 0 amide bonds. The molecule has 0 spiro atoms. The van der Waals surface area contributed by atoms with Gasteiger partial charge in [-0.15, -0.1) is 0 Å². The first-order chi connectivity index (χ1) is 13.4. The number of hydrogen-bond donors (Lipinski definition) is 0. The van der Waals surface area contributed by atoms with Gasteiger partial charge in [-0.3, -0.25) is 4.98 Å². The van der Waals surface area contributed by atoms with E-state index in [2.05, 4.69) is 84.6 Å². The highest BCUT2D eigenvalue weighted by Crippen LogP contribution is 2.36. The van der Waals surface area contributed by atoms with Crippen molar-refractivity contribution < 1.29 is 4.74 Å². The molecule has 2 aromatic carbocycles. The Balaban J connectivity index is 1.79. The fraction of sp³-hybridized carbons (Fsp3) is 0.292. The minimum Gasteiger partial charge on any atom is -0.361 e. The van der Waals surface area contributed by atoms with E-state index in [1.807, 2.05) is 12.4 Å².